The normalized spacial score (nSPS) is 41.4. The molecule has 3 N–H and O–H groups in total. The molecule has 4 aliphatic rings. The molecule has 7 nitrogen and oxygen atoms in total. The van der Waals surface area contributed by atoms with E-state index >= 15 is 0 Å². The minimum atomic E-state index is -0.194. The van der Waals surface area contributed by atoms with Gasteiger partial charge in [0.2, 0.25) is 0 Å². The number of quaternary nitrogens is 1. The third-order valence-electron chi connectivity index (χ3n) is 7.54. The lowest BCUT2D eigenvalue weighted by molar-refractivity contribution is -0.678. The van der Waals surface area contributed by atoms with E-state index in [-0.39, 0.29) is 30.8 Å². The molecule has 29 heavy (non-hydrogen) atoms. The van der Waals surface area contributed by atoms with Crippen LogP contribution < -0.4 is 5.32 Å². The van der Waals surface area contributed by atoms with Crippen LogP contribution >= 0.6 is 11.6 Å². The summed E-state index contributed by atoms with van der Waals surface area (Å²) < 4.78 is 11.1. The number of carbonyl (C=O) groups excluding carboxylic acids is 1. The number of fused-ring (bicyclic) bond motifs is 1. The van der Waals surface area contributed by atoms with Crippen molar-refractivity contribution in [3.63, 3.8) is 0 Å². The molecule has 0 aromatic heterocycles. The van der Waals surface area contributed by atoms with E-state index in [2.05, 4.69) is 15.1 Å². The molecule has 3 saturated heterocycles. The number of carbonyl (C=O) groups is 1. The van der Waals surface area contributed by atoms with Crippen molar-refractivity contribution in [1.29, 1.82) is 0 Å². The van der Waals surface area contributed by atoms with Gasteiger partial charge in [-0.1, -0.05) is 0 Å². The summed E-state index contributed by atoms with van der Waals surface area (Å²) in [5, 5.41) is 12.1. The number of aliphatic hydroxyl groups excluding tert-OH is 1. The molecule has 0 radical (unpaired) electrons. The summed E-state index contributed by atoms with van der Waals surface area (Å²) in [6, 6.07) is 0.731. The Kier molecular flexibility index (Phi) is 7.35. The van der Waals surface area contributed by atoms with E-state index < -0.39 is 0 Å². The number of hydrogen-bond acceptors (Lipinski definition) is 6. The summed E-state index contributed by atoms with van der Waals surface area (Å²) in [5.41, 5.74) is 0. The molecular weight excluding hydrogens is 394 g/mol. The van der Waals surface area contributed by atoms with Gasteiger partial charge in [-0.05, 0) is 44.4 Å². The van der Waals surface area contributed by atoms with E-state index in [1.54, 1.807) is 0 Å². The smallest absolute Gasteiger partial charge is 0.323 e. The van der Waals surface area contributed by atoms with Crippen LogP contribution in [0.5, 0.6) is 0 Å². The highest BCUT2D eigenvalue weighted by Crippen LogP contribution is 2.31. The third kappa shape index (κ3) is 5.08. The maximum atomic E-state index is 12.5. The second kappa shape index (κ2) is 9.79. The Morgan fingerprint density at radius 3 is 2.59 bits per heavy atom. The number of nitrogens with zero attached hydrogens (tertiary/aromatic N) is 2. The average Bonchev–Trinajstić information content (AvgIpc) is 3.35. The Morgan fingerprint density at radius 2 is 1.90 bits per heavy atom. The second-order valence-electron chi connectivity index (χ2n) is 9.41. The average molecular weight is 431 g/mol. The van der Waals surface area contributed by atoms with Gasteiger partial charge in [0.15, 0.2) is 0 Å². The van der Waals surface area contributed by atoms with Crippen LogP contribution in [0.4, 0.5) is 0 Å². The SMILES string of the molecule is COC(=O)[C@H]1CC2[NH2+]CN(CC3CCC(Cl)CC3)C2CN1CC1CCC(CO)O1. The summed E-state index contributed by atoms with van der Waals surface area (Å²) in [7, 11) is 1.48. The van der Waals surface area contributed by atoms with E-state index in [9.17, 15) is 9.90 Å². The summed E-state index contributed by atoms with van der Waals surface area (Å²) in [6.45, 7) is 3.87. The maximum absolute atomic E-state index is 12.5. The van der Waals surface area contributed by atoms with E-state index in [1.807, 2.05) is 0 Å². The number of piperidine rings is 1. The van der Waals surface area contributed by atoms with Gasteiger partial charge in [0.1, 0.15) is 18.8 Å². The molecule has 5 atom stereocenters. The highest BCUT2D eigenvalue weighted by Gasteiger charge is 2.48. The molecule has 0 bridgehead atoms. The highest BCUT2D eigenvalue weighted by molar-refractivity contribution is 6.20. The van der Waals surface area contributed by atoms with Crippen LogP contribution in [0.3, 0.4) is 0 Å². The summed E-state index contributed by atoms with van der Waals surface area (Å²) in [4.78, 5) is 17.4. The molecule has 1 aliphatic carbocycles. The van der Waals surface area contributed by atoms with E-state index in [4.69, 9.17) is 21.1 Å². The molecular formula is C21H37ClN3O4+. The first-order chi connectivity index (χ1) is 14.1. The van der Waals surface area contributed by atoms with E-state index in [0.717, 1.165) is 64.3 Å². The lowest BCUT2D eigenvalue weighted by atomic mass is 9.87. The predicted molar refractivity (Wildman–Crippen MR) is 110 cm³/mol. The number of nitrogens with two attached hydrogens (primary N) is 1. The van der Waals surface area contributed by atoms with Crippen LogP contribution in [-0.4, -0.2) is 96.6 Å². The van der Waals surface area contributed by atoms with Crippen molar-refractivity contribution in [3.05, 3.63) is 0 Å². The summed E-state index contributed by atoms with van der Waals surface area (Å²) in [5.74, 6) is 0.611. The first-order valence-corrected chi connectivity index (χ1v) is 11.8. The number of halogens is 1. The molecule has 4 fully saturated rings. The Morgan fingerprint density at radius 1 is 1.14 bits per heavy atom. The van der Waals surface area contributed by atoms with Crippen molar-refractivity contribution >= 4 is 17.6 Å². The quantitative estimate of drug-likeness (QED) is 0.461. The zero-order chi connectivity index (χ0) is 20.4. The van der Waals surface area contributed by atoms with Gasteiger partial charge in [-0.3, -0.25) is 9.69 Å². The molecule has 0 aromatic rings. The zero-order valence-corrected chi connectivity index (χ0v) is 18.3. The van der Waals surface area contributed by atoms with Crippen LogP contribution in [0.25, 0.3) is 0 Å². The predicted octanol–water partition coefficient (Wildman–Crippen LogP) is 0.145. The first kappa shape index (κ1) is 21.8. The molecule has 4 unspecified atom stereocenters. The van der Waals surface area contributed by atoms with Crippen molar-refractivity contribution < 1.29 is 24.7 Å². The number of likely N-dealkylation sites (tertiary alicyclic amines) is 1. The minimum Gasteiger partial charge on any atom is -0.468 e. The van der Waals surface area contributed by atoms with Gasteiger partial charge in [-0.2, -0.15) is 0 Å². The largest absolute Gasteiger partial charge is 0.468 e. The number of ether oxygens (including phenoxy) is 2. The Balaban J connectivity index is 1.39. The monoisotopic (exact) mass is 430 g/mol. The van der Waals surface area contributed by atoms with Crippen molar-refractivity contribution in [2.45, 2.75) is 80.7 Å². The molecule has 4 rings (SSSR count). The lowest BCUT2D eigenvalue weighted by Crippen LogP contribution is -2.89. The molecule has 166 valence electrons. The molecule has 3 heterocycles. The van der Waals surface area contributed by atoms with E-state index in [0.29, 0.717) is 17.5 Å². The van der Waals surface area contributed by atoms with Gasteiger partial charge >= 0.3 is 5.97 Å². The molecule has 8 heteroatoms. The number of rotatable bonds is 6. The minimum absolute atomic E-state index is 0.0533. The second-order valence-corrected chi connectivity index (χ2v) is 10.0. The molecule has 3 aliphatic heterocycles. The van der Waals surface area contributed by atoms with Crippen LogP contribution in [0.15, 0.2) is 0 Å². The van der Waals surface area contributed by atoms with Gasteiger partial charge in [0.05, 0.1) is 32.0 Å². The number of aliphatic hydroxyl groups is 1. The highest BCUT2D eigenvalue weighted by atomic mass is 35.5. The van der Waals surface area contributed by atoms with Crippen LogP contribution in [0.2, 0.25) is 0 Å². The van der Waals surface area contributed by atoms with Crippen LogP contribution in [0, 0.1) is 5.92 Å². The fourth-order valence-corrected chi connectivity index (χ4v) is 6.10. The van der Waals surface area contributed by atoms with Crippen LogP contribution in [-0.2, 0) is 14.3 Å². The summed E-state index contributed by atoms with van der Waals surface area (Å²) in [6.07, 6.45) is 7.45. The van der Waals surface area contributed by atoms with Gasteiger partial charge in [0, 0.05) is 31.4 Å². The maximum Gasteiger partial charge on any atom is 0.323 e. The van der Waals surface area contributed by atoms with Crippen molar-refractivity contribution in [2.75, 3.05) is 40.0 Å². The topological polar surface area (TPSA) is 78.9 Å². The van der Waals surface area contributed by atoms with E-state index in [1.165, 1.54) is 20.0 Å². The standard InChI is InChI=1S/C21H36ClN3O4/c1-28-21(27)19-8-18-20(11-24(19)10-16-6-7-17(12-26)29-16)25(13-23-18)9-14-2-4-15(22)5-3-14/h14-20,23,26H,2-13H2,1H3/p+1/t14?,15?,16?,17?,18?,19-,20?/m1/s1. The number of alkyl halides is 1. The third-order valence-corrected chi connectivity index (χ3v) is 7.98. The van der Waals surface area contributed by atoms with Gasteiger partial charge in [0.25, 0.3) is 0 Å². The summed E-state index contributed by atoms with van der Waals surface area (Å²) >= 11 is 6.29. The Labute approximate surface area is 179 Å². The molecule has 0 spiro atoms. The van der Waals surface area contributed by atoms with Gasteiger partial charge in [-0.15, -0.1) is 11.6 Å². The number of esters is 1. The van der Waals surface area contributed by atoms with Gasteiger partial charge < -0.3 is 19.9 Å². The van der Waals surface area contributed by atoms with Crippen LogP contribution in [0.1, 0.15) is 44.9 Å². The number of hydrogen-bond donors (Lipinski definition) is 2. The first-order valence-electron chi connectivity index (χ1n) is 11.4. The molecule has 1 saturated carbocycles. The fraction of sp³-hybridized carbons (Fsp3) is 0.952. The zero-order valence-electron chi connectivity index (χ0n) is 17.5. The Bertz CT molecular complexity index is 560. The van der Waals surface area contributed by atoms with Gasteiger partial charge in [-0.25, -0.2) is 4.90 Å². The van der Waals surface area contributed by atoms with Crippen molar-refractivity contribution in [3.8, 4) is 0 Å². The fourth-order valence-electron chi connectivity index (χ4n) is 5.85. The molecule has 0 aromatic carbocycles. The molecule has 0 amide bonds. The number of methoxy groups -OCH3 is 1. The van der Waals surface area contributed by atoms with Crippen molar-refractivity contribution in [1.82, 2.24) is 9.80 Å². The Hall–Kier alpha value is -0.440. The van der Waals surface area contributed by atoms with Crippen molar-refractivity contribution in [2.24, 2.45) is 5.92 Å². The lowest BCUT2D eigenvalue weighted by Gasteiger charge is -2.41.